The minimum atomic E-state index is -4.62. The molecule has 12 heteroatoms. The van der Waals surface area contributed by atoms with E-state index in [1.165, 1.54) is 19.2 Å². The highest BCUT2D eigenvalue weighted by Crippen LogP contribution is 2.37. The molecule has 5 rings (SSSR count). The molecular formula is C25H23F3N6O3. The molecule has 1 aliphatic rings. The van der Waals surface area contributed by atoms with Crippen LogP contribution in [0.1, 0.15) is 40.6 Å². The highest BCUT2D eigenvalue weighted by Gasteiger charge is 2.34. The Morgan fingerprint density at radius 1 is 1.16 bits per heavy atom. The number of halogens is 3. The Hall–Kier alpha value is -4.06. The number of benzene rings is 1. The van der Waals surface area contributed by atoms with Gasteiger partial charge in [-0.05, 0) is 49.1 Å². The maximum Gasteiger partial charge on any atom is 0.433 e. The summed E-state index contributed by atoms with van der Waals surface area (Å²) in [6.07, 6.45) is 1.09. The van der Waals surface area contributed by atoms with E-state index in [0.29, 0.717) is 16.9 Å². The van der Waals surface area contributed by atoms with Crippen LogP contribution in [0.3, 0.4) is 0 Å². The second-order valence-electron chi connectivity index (χ2n) is 8.78. The molecule has 37 heavy (non-hydrogen) atoms. The summed E-state index contributed by atoms with van der Waals surface area (Å²) >= 11 is 0. The number of nitrogens with two attached hydrogens (primary N) is 1. The van der Waals surface area contributed by atoms with Crippen LogP contribution in [0.25, 0.3) is 22.4 Å². The number of pyridine rings is 1. The fourth-order valence-electron chi connectivity index (χ4n) is 4.45. The van der Waals surface area contributed by atoms with Gasteiger partial charge in [0.2, 0.25) is 5.89 Å². The van der Waals surface area contributed by atoms with Gasteiger partial charge in [-0.25, -0.2) is 19.9 Å². The molecule has 1 saturated carbocycles. The third-order valence-electron chi connectivity index (χ3n) is 6.32. The first-order valence-corrected chi connectivity index (χ1v) is 11.6. The van der Waals surface area contributed by atoms with Gasteiger partial charge in [-0.3, -0.25) is 4.79 Å². The number of ether oxygens (including phenoxy) is 1. The molecule has 3 aromatic heterocycles. The molecule has 0 spiro atoms. The minimum absolute atomic E-state index is 0.00349. The van der Waals surface area contributed by atoms with Crippen LogP contribution >= 0.6 is 0 Å². The first kappa shape index (κ1) is 24.6. The molecule has 1 aliphatic carbocycles. The van der Waals surface area contributed by atoms with Gasteiger partial charge < -0.3 is 20.2 Å². The Kier molecular flexibility index (Phi) is 6.50. The Morgan fingerprint density at radius 3 is 2.59 bits per heavy atom. The number of amides is 1. The SMILES string of the molecule is COc1ccc(-c2nc(C(=O)NC3CC(Cc4ncccn4)C3)c(CN)o2)c2ccc(C(F)(F)F)nc12. The summed E-state index contributed by atoms with van der Waals surface area (Å²) in [6.45, 7) is -0.0844. The van der Waals surface area contributed by atoms with E-state index in [0.717, 1.165) is 31.2 Å². The molecule has 1 aromatic carbocycles. The van der Waals surface area contributed by atoms with Crippen molar-refractivity contribution in [3.8, 4) is 17.2 Å². The lowest BCUT2D eigenvalue weighted by molar-refractivity contribution is -0.140. The van der Waals surface area contributed by atoms with Gasteiger partial charge >= 0.3 is 6.18 Å². The quantitative estimate of drug-likeness (QED) is 0.381. The van der Waals surface area contributed by atoms with Crippen molar-refractivity contribution in [2.24, 2.45) is 11.7 Å². The summed E-state index contributed by atoms with van der Waals surface area (Å²) in [7, 11) is 1.34. The number of fused-ring (bicyclic) bond motifs is 1. The van der Waals surface area contributed by atoms with Gasteiger partial charge in [0.15, 0.2) is 11.5 Å². The van der Waals surface area contributed by atoms with Crippen LogP contribution in [0.2, 0.25) is 0 Å². The van der Waals surface area contributed by atoms with Crippen molar-refractivity contribution in [2.75, 3.05) is 7.11 Å². The summed E-state index contributed by atoms with van der Waals surface area (Å²) in [5.74, 6) is 1.10. The van der Waals surface area contributed by atoms with Crippen LogP contribution < -0.4 is 15.8 Å². The van der Waals surface area contributed by atoms with Gasteiger partial charge in [-0.15, -0.1) is 0 Å². The van der Waals surface area contributed by atoms with Crippen molar-refractivity contribution in [3.05, 3.63) is 65.7 Å². The number of carbonyl (C=O) groups excluding carboxylic acids is 1. The van der Waals surface area contributed by atoms with Gasteiger partial charge in [0, 0.05) is 35.8 Å². The second kappa shape index (κ2) is 9.77. The summed E-state index contributed by atoms with van der Waals surface area (Å²) in [5, 5.41) is 3.28. The number of rotatable bonds is 7. The van der Waals surface area contributed by atoms with E-state index in [9.17, 15) is 18.0 Å². The average molecular weight is 512 g/mol. The zero-order valence-electron chi connectivity index (χ0n) is 19.7. The number of methoxy groups -OCH3 is 1. The van der Waals surface area contributed by atoms with E-state index in [4.69, 9.17) is 14.9 Å². The van der Waals surface area contributed by atoms with E-state index >= 15 is 0 Å². The number of alkyl halides is 3. The number of oxazole rings is 1. The first-order chi connectivity index (χ1) is 17.8. The van der Waals surface area contributed by atoms with Crippen molar-refractivity contribution in [1.82, 2.24) is 25.3 Å². The molecule has 0 aliphatic heterocycles. The molecule has 0 unspecified atom stereocenters. The summed E-state index contributed by atoms with van der Waals surface area (Å²) in [4.78, 5) is 29.6. The fraction of sp³-hybridized carbons (Fsp3) is 0.320. The Labute approximate surface area is 209 Å². The molecule has 4 aromatic rings. The number of nitrogens with one attached hydrogen (secondary N) is 1. The molecule has 3 heterocycles. The van der Waals surface area contributed by atoms with Crippen LogP contribution in [-0.2, 0) is 19.1 Å². The second-order valence-corrected chi connectivity index (χ2v) is 8.78. The standard InChI is InChI=1S/C25H23F3N6O3/c1-36-17-5-3-16(15-4-6-19(25(26,27)28)33-21(15)17)24-34-22(18(12-29)37-24)23(35)32-14-9-13(10-14)11-20-30-7-2-8-31-20/h2-8,13-14H,9-12,29H2,1H3,(H,32,35). The fourth-order valence-corrected chi connectivity index (χ4v) is 4.45. The molecule has 0 saturated heterocycles. The van der Waals surface area contributed by atoms with Gasteiger partial charge in [-0.1, -0.05) is 0 Å². The van der Waals surface area contributed by atoms with Crippen LogP contribution in [0.4, 0.5) is 13.2 Å². The lowest BCUT2D eigenvalue weighted by Gasteiger charge is -2.35. The van der Waals surface area contributed by atoms with E-state index < -0.39 is 17.8 Å². The number of hydrogen-bond donors (Lipinski definition) is 2. The largest absolute Gasteiger partial charge is 0.494 e. The number of carbonyl (C=O) groups is 1. The molecular weight excluding hydrogens is 489 g/mol. The molecule has 0 radical (unpaired) electrons. The van der Waals surface area contributed by atoms with Crippen molar-refractivity contribution in [1.29, 1.82) is 0 Å². The summed E-state index contributed by atoms with van der Waals surface area (Å²) in [5.41, 5.74) is 5.15. The van der Waals surface area contributed by atoms with E-state index in [-0.39, 0.29) is 41.2 Å². The Morgan fingerprint density at radius 2 is 1.92 bits per heavy atom. The van der Waals surface area contributed by atoms with Crippen molar-refractivity contribution < 1.29 is 27.1 Å². The van der Waals surface area contributed by atoms with Gasteiger partial charge in [0.25, 0.3) is 5.91 Å². The number of hydrogen-bond acceptors (Lipinski definition) is 8. The highest BCUT2D eigenvalue weighted by atomic mass is 19.4. The molecule has 192 valence electrons. The van der Waals surface area contributed by atoms with Crippen LogP contribution in [-0.4, -0.2) is 39.0 Å². The van der Waals surface area contributed by atoms with E-state index in [1.807, 2.05) is 0 Å². The smallest absolute Gasteiger partial charge is 0.433 e. The zero-order chi connectivity index (χ0) is 26.2. The maximum atomic E-state index is 13.2. The van der Waals surface area contributed by atoms with Gasteiger partial charge in [0.05, 0.1) is 13.7 Å². The molecule has 0 atom stereocenters. The summed E-state index contributed by atoms with van der Waals surface area (Å²) in [6, 6.07) is 6.95. The maximum absolute atomic E-state index is 13.2. The summed E-state index contributed by atoms with van der Waals surface area (Å²) < 4.78 is 50.7. The Balaban J connectivity index is 1.37. The monoisotopic (exact) mass is 512 g/mol. The third-order valence-corrected chi connectivity index (χ3v) is 6.32. The molecule has 1 fully saturated rings. The van der Waals surface area contributed by atoms with E-state index in [1.54, 1.807) is 24.5 Å². The number of aromatic nitrogens is 4. The predicted molar refractivity (Wildman–Crippen MR) is 126 cm³/mol. The van der Waals surface area contributed by atoms with Gasteiger partial charge in [-0.2, -0.15) is 13.2 Å². The molecule has 3 N–H and O–H groups in total. The lowest BCUT2D eigenvalue weighted by atomic mass is 9.78. The van der Waals surface area contributed by atoms with Crippen molar-refractivity contribution in [2.45, 2.75) is 38.0 Å². The first-order valence-electron chi connectivity index (χ1n) is 11.6. The predicted octanol–water partition coefficient (Wildman–Crippen LogP) is 3.92. The van der Waals surface area contributed by atoms with Gasteiger partial charge in [0.1, 0.15) is 22.8 Å². The average Bonchev–Trinajstić information content (AvgIpc) is 3.31. The number of nitrogens with zero attached hydrogens (tertiary/aromatic N) is 4. The zero-order valence-corrected chi connectivity index (χ0v) is 19.7. The molecule has 0 bridgehead atoms. The van der Waals surface area contributed by atoms with Crippen LogP contribution in [0, 0.1) is 5.92 Å². The van der Waals surface area contributed by atoms with Crippen molar-refractivity contribution in [3.63, 3.8) is 0 Å². The minimum Gasteiger partial charge on any atom is -0.494 e. The van der Waals surface area contributed by atoms with Crippen molar-refractivity contribution >= 4 is 16.8 Å². The third kappa shape index (κ3) is 4.96. The lowest BCUT2D eigenvalue weighted by Crippen LogP contribution is -2.45. The normalized spacial score (nSPS) is 17.4. The Bertz CT molecular complexity index is 1440. The van der Waals surface area contributed by atoms with E-state index in [2.05, 4.69) is 25.3 Å². The van der Waals surface area contributed by atoms with Crippen LogP contribution in [0.15, 0.2) is 47.1 Å². The molecule has 9 nitrogen and oxygen atoms in total. The topological polar surface area (TPSA) is 129 Å². The highest BCUT2D eigenvalue weighted by molar-refractivity contribution is 5.98. The molecule has 1 amide bonds. The van der Waals surface area contributed by atoms with Crippen LogP contribution in [0.5, 0.6) is 5.75 Å².